The van der Waals surface area contributed by atoms with Gasteiger partial charge in [-0.05, 0) is 26.5 Å². The van der Waals surface area contributed by atoms with Crippen LogP contribution in [0.2, 0.25) is 0 Å². The zero-order valence-corrected chi connectivity index (χ0v) is 11.0. The predicted octanol–water partition coefficient (Wildman–Crippen LogP) is 1.34. The van der Waals surface area contributed by atoms with Gasteiger partial charge in [-0.15, -0.1) is 0 Å². The highest BCUT2D eigenvalue weighted by molar-refractivity contribution is 5.78. The van der Waals surface area contributed by atoms with Crippen LogP contribution in [0.4, 0.5) is 5.69 Å². The summed E-state index contributed by atoms with van der Waals surface area (Å²) in [6.07, 6.45) is 0. The molecule has 0 fully saturated rings. The van der Waals surface area contributed by atoms with Crippen molar-refractivity contribution >= 4 is 11.7 Å². The summed E-state index contributed by atoms with van der Waals surface area (Å²) in [6.45, 7) is 2.89. The van der Waals surface area contributed by atoms with Gasteiger partial charge in [-0.1, -0.05) is 12.1 Å². The van der Waals surface area contributed by atoms with Gasteiger partial charge in [-0.25, -0.2) is 0 Å². The molecule has 0 radical (unpaired) electrons. The standard InChI is InChI=1S/C12H16N2O5/c1-8-5-4-6-9(14(17)18)10(8)19-7-12(2,13-3)11(15)16/h4-6,13H,7H2,1-3H3,(H,15,16). The van der Waals surface area contributed by atoms with E-state index in [0.717, 1.165) is 0 Å². The Balaban J connectivity index is 3.01. The van der Waals surface area contributed by atoms with Gasteiger partial charge in [0.2, 0.25) is 0 Å². The Morgan fingerprint density at radius 1 is 1.58 bits per heavy atom. The van der Waals surface area contributed by atoms with Gasteiger partial charge in [-0.3, -0.25) is 14.9 Å². The number of benzene rings is 1. The molecule has 1 aromatic rings. The molecule has 0 spiro atoms. The van der Waals surface area contributed by atoms with Crippen LogP contribution in [0.3, 0.4) is 0 Å². The summed E-state index contributed by atoms with van der Waals surface area (Å²) >= 11 is 0. The summed E-state index contributed by atoms with van der Waals surface area (Å²) in [7, 11) is 1.49. The number of aliphatic carboxylic acids is 1. The number of nitro groups is 1. The lowest BCUT2D eigenvalue weighted by molar-refractivity contribution is -0.386. The van der Waals surface area contributed by atoms with Crippen molar-refractivity contribution in [1.29, 1.82) is 0 Å². The van der Waals surface area contributed by atoms with Crippen LogP contribution in [-0.2, 0) is 4.79 Å². The van der Waals surface area contributed by atoms with E-state index >= 15 is 0 Å². The molecular weight excluding hydrogens is 252 g/mol. The Hall–Kier alpha value is -2.15. The van der Waals surface area contributed by atoms with E-state index in [1.54, 1.807) is 19.1 Å². The summed E-state index contributed by atoms with van der Waals surface area (Å²) in [5.41, 5.74) is -0.905. The number of hydrogen-bond donors (Lipinski definition) is 2. The quantitative estimate of drug-likeness (QED) is 0.596. The topological polar surface area (TPSA) is 102 Å². The summed E-state index contributed by atoms with van der Waals surface area (Å²) in [4.78, 5) is 21.4. The molecule has 0 aliphatic rings. The number of aryl methyl sites for hydroxylation is 1. The highest BCUT2D eigenvalue weighted by Gasteiger charge is 2.33. The molecule has 0 bridgehead atoms. The fourth-order valence-electron chi connectivity index (χ4n) is 1.43. The molecule has 0 aromatic heterocycles. The number of carboxylic acid groups (broad SMARTS) is 1. The van der Waals surface area contributed by atoms with E-state index in [0.29, 0.717) is 5.56 Å². The molecule has 7 nitrogen and oxygen atoms in total. The summed E-state index contributed by atoms with van der Waals surface area (Å²) < 4.78 is 5.36. The SMILES string of the molecule is CNC(C)(COc1c(C)cccc1[N+](=O)[O-])C(=O)O. The van der Waals surface area contributed by atoms with Gasteiger partial charge in [0.15, 0.2) is 5.75 Å². The highest BCUT2D eigenvalue weighted by atomic mass is 16.6. The first-order chi connectivity index (χ1) is 8.81. The van der Waals surface area contributed by atoms with Crippen LogP contribution in [0.1, 0.15) is 12.5 Å². The first-order valence-corrected chi connectivity index (χ1v) is 5.61. The molecule has 1 unspecified atom stereocenters. The largest absolute Gasteiger partial charge is 0.484 e. The van der Waals surface area contributed by atoms with E-state index in [9.17, 15) is 14.9 Å². The van der Waals surface area contributed by atoms with Crippen LogP contribution in [0, 0.1) is 17.0 Å². The van der Waals surface area contributed by atoms with E-state index in [-0.39, 0.29) is 18.0 Å². The Morgan fingerprint density at radius 2 is 2.21 bits per heavy atom. The molecule has 1 aromatic carbocycles. The molecule has 2 N–H and O–H groups in total. The number of nitrogens with one attached hydrogen (secondary N) is 1. The Morgan fingerprint density at radius 3 is 2.68 bits per heavy atom. The van der Waals surface area contributed by atoms with Crippen molar-refractivity contribution in [3.05, 3.63) is 33.9 Å². The van der Waals surface area contributed by atoms with Crippen molar-refractivity contribution in [3.63, 3.8) is 0 Å². The first kappa shape index (κ1) is 14.9. The molecule has 0 saturated carbocycles. The Labute approximate surface area is 110 Å². The number of likely N-dealkylation sites (N-methyl/N-ethyl adjacent to an activating group) is 1. The molecule has 0 aliphatic heterocycles. The molecule has 0 saturated heterocycles. The molecule has 104 valence electrons. The second-order valence-electron chi connectivity index (χ2n) is 4.36. The zero-order valence-electron chi connectivity index (χ0n) is 11.0. The molecule has 0 heterocycles. The maximum atomic E-state index is 11.1. The van der Waals surface area contributed by atoms with Crippen molar-refractivity contribution in [2.75, 3.05) is 13.7 Å². The molecule has 1 rings (SSSR count). The minimum absolute atomic E-state index is 0.0928. The monoisotopic (exact) mass is 268 g/mol. The van der Waals surface area contributed by atoms with Gasteiger partial charge < -0.3 is 15.2 Å². The summed E-state index contributed by atoms with van der Waals surface area (Å²) in [6, 6.07) is 4.54. The molecule has 0 aliphatic carbocycles. The lowest BCUT2D eigenvalue weighted by Gasteiger charge is -2.24. The second kappa shape index (κ2) is 5.66. The first-order valence-electron chi connectivity index (χ1n) is 5.61. The zero-order chi connectivity index (χ0) is 14.6. The van der Waals surface area contributed by atoms with Gasteiger partial charge in [-0.2, -0.15) is 0 Å². The number of rotatable bonds is 6. The van der Waals surface area contributed by atoms with Gasteiger partial charge in [0.05, 0.1) is 4.92 Å². The van der Waals surface area contributed by atoms with Crippen LogP contribution >= 0.6 is 0 Å². The number of carbonyl (C=O) groups is 1. The van der Waals surface area contributed by atoms with Crippen molar-refractivity contribution < 1.29 is 19.6 Å². The lowest BCUT2D eigenvalue weighted by Crippen LogP contribution is -2.52. The van der Waals surface area contributed by atoms with Crippen molar-refractivity contribution in [2.24, 2.45) is 0 Å². The van der Waals surface area contributed by atoms with E-state index in [4.69, 9.17) is 9.84 Å². The fraction of sp³-hybridized carbons (Fsp3) is 0.417. The number of ether oxygens (including phenoxy) is 1. The van der Waals surface area contributed by atoms with E-state index < -0.39 is 16.4 Å². The maximum Gasteiger partial charge on any atom is 0.327 e. The van der Waals surface area contributed by atoms with E-state index in [2.05, 4.69) is 5.32 Å². The summed E-state index contributed by atoms with van der Waals surface area (Å²) in [5.74, 6) is -0.999. The van der Waals surface area contributed by atoms with Crippen molar-refractivity contribution in [1.82, 2.24) is 5.32 Å². The van der Waals surface area contributed by atoms with Gasteiger partial charge in [0, 0.05) is 6.07 Å². The van der Waals surface area contributed by atoms with Gasteiger partial charge in [0.25, 0.3) is 0 Å². The minimum Gasteiger partial charge on any atom is -0.484 e. The average molecular weight is 268 g/mol. The predicted molar refractivity (Wildman–Crippen MR) is 68.4 cm³/mol. The third-order valence-corrected chi connectivity index (χ3v) is 2.92. The van der Waals surface area contributed by atoms with E-state index in [1.807, 2.05) is 0 Å². The molecule has 7 heteroatoms. The maximum absolute atomic E-state index is 11.1. The third kappa shape index (κ3) is 3.19. The van der Waals surface area contributed by atoms with Crippen LogP contribution < -0.4 is 10.1 Å². The smallest absolute Gasteiger partial charge is 0.327 e. The van der Waals surface area contributed by atoms with Crippen LogP contribution in [0.15, 0.2) is 18.2 Å². The number of hydrogen-bond acceptors (Lipinski definition) is 5. The van der Waals surface area contributed by atoms with Crippen molar-refractivity contribution in [2.45, 2.75) is 19.4 Å². The summed E-state index contributed by atoms with van der Waals surface area (Å²) in [5, 5.41) is 22.6. The van der Waals surface area contributed by atoms with Crippen molar-refractivity contribution in [3.8, 4) is 5.75 Å². The molecule has 0 amide bonds. The normalized spacial score (nSPS) is 13.6. The number of nitro benzene ring substituents is 1. The van der Waals surface area contributed by atoms with Crippen LogP contribution in [0.5, 0.6) is 5.75 Å². The Kier molecular flexibility index (Phi) is 4.44. The molecular formula is C12H16N2O5. The van der Waals surface area contributed by atoms with Gasteiger partial charge in [0.1, 0.15) is 12.1 Å². The number of carboxylic acids is 1. The minimum atomic E-state index is -1.31. The van der Waals surface area contributed by atoms with Gasteiger partial charge >= 0.3 is 11.7 Å². The third-order valence-electron chi connectivity index (χ3n) is 2.92. The lowest BCUT2D eigenvalue weighted by atomic mass is 10.1. The molecule has 1 atom stereocenters. The molecule has 19 heavy (non-hydrogen) atoms. The van der Waals surface area contributed by atoms with Crippen LogP contribution in [0.25, 0.3) is 0 Å². The Bertz CT molecular complexity index is 503. The number of nitrogens with zero attached hydrogens (tertiary/aromatic N) is 1. The van der Waals surface area contributed by atoms with E-state index in [1.165, 1.54) is 20.0 Å². The van der Waals surface area contributed by atoms with Crippen LogP contribution in [-0.4, -0.2) is 35.2 Å². The highest BCUT2D eigenvalue weighted by Crippen LogP contribution is 2.30. The average Bonchev–Trinajstić information content (AvgIpc) is 2.36. The second-order valence-corrected chi connectivity index (χ2v) is 4.36. The number of para-hydroxylation sites is 1. The fourth-order valence-corrected chi connectivity index (χ4v) is 1.43.